The van der Waals surface area contributed by atoms with Crippen molar-refractivity contribution in [2.24, 2.45) is 0 Å². The lowest BCUT2D eigenvalue weighted by atomic mass is 10.0. The fourth-order valence-electron chi connectivity index (χ4n) is 1.97. The van der Waals surface area contributed by atoms with E-state index in [0.717, 1.165) is 25.8 Å². The van der Waals surface area contributed by atoms with E-state index in [0.29, 0.717) is 0 Å². The van der Waals surface area contributed by atoms with E-state index < -0.39 is 0 Å². The Morgan fingerprint density at radius 3 is 2.94 bits per heavy atom. The second-order valence-corrected chi connectivity index (χ2v) is 3.99. The maximum Gasteiger partial charge on any atom is 0.323 e. The number of nitrogens with zero attached hydrogens (tertiary/aromatic N) is 1. The summed E-state index contributed by atoms with van der Waals surface area (Å²) in [6.45, 7) is 1.15. The van der Waals surface area contributed by atoms with Crippen LogP contribution in [0.2, 0.25) is 0 Å². The molecule has 1 fully saturated rings. The predicted octanol–water partition coefficient (Wildman–Crippen LogP) is -0.237. The lowest BCUT2D eigenvalue weighted by molar-refractivity contribution is -0.148. The minimum absolute atomic E-state index is 0.154. The summed E-state index contributed by atoms with van der Waals surface area (Å²) in [7, 11) is 1.37. The molecule has 94 valence electrons. The Hall–Kier alpha value is -1.54. The van der Waals surface area contributed by atoms with Gasteiger partial charge in [0, 0.05) is 0 Å². The average molecular weight is 238 g/mol. The van der Waals surface area contributed by atoms with E-state index >= 15 is 0 Å². The first-order valence-corrected chi connectivity index (χ1v) is 5.71. The molecule has 0 spiro atoms. The van der Waals surface area contributed by atoms with E-state index in [4.69, 9.17) is 11.2 Å². The molecule has 0 bridgehead atoms. The Balaban J connectivity index is 2.51. The van der Waals surface area contributed by atoms with Crippen molar-refractivity contribution in [2.75, 3.05) is 26.7 Å². The molecule has 1 aliphatic heterocycles. The van der Waals surface area contributed by atoms with Crippen LogP contribution in [0.1, 0.15) is 19.3 Å². The standard InChI is InChI=1S/C12H18N2O3/c1-3-7-13-11(15)9-14-8-5-4-6-10(14)12(16)17-2/h1,10H,4-9H2,2H3,(H,13,15)/t10-/m1/s1. The average Bonchev–Trinajstić information content (AvgIpc) is 2.36. The summed E-state index contributed by atoms with van der Waals surface area (Å²) >= 11 is 0. The van der Waals surface area contributed by atoms with Gasteiger partial charge in [-0.05, 0) is 19.4 Å². The van der Waals surface area contributed by atoms with Crippen molar-refractivity contribution >= 4 is 11.9 Å². The number of terminal acetylenes is 1. The molecule has 5 heteroatoms. The van der Waals surface area contributed by atoms with Crippen molar-refractivity contribution < 1.29 is 14.3 Å². The van der Waals surface area contributed by atoms with Gasteiger partial charge in [0.15, 0.2) is 0 Å². The zero-order chi connectivity index (χ0) is 12.7. The number of ether oxygens (including phenoxy) is 1. The van der Waals surface area contributed by atoms with Gasteiger partial charge in [-0.1, -0.05) is 12.3 Å². The third-order valence-electron chi connectivity index (χ3n) is 2.82. The van der Waals surface area contributed by atoms with Crippen molar-refractivity contribution in [1.29, 1.82) is 0 Å². The van der Waals surface area contributed by atoms with Gasteiger partial charge in [0.05, 0.1) is 20.2 Å². The minimum Gasteiger partial charge on any atom is -0.468 e. The number of nitrogens with one attached hydrogen (secondary N) is 1. The fraction of sp³-hybridized carbons (Fsp3) is 0.667. The molecule has 1 rings (SSSR count). The van der Waals surface area contributed by atoms with Crippen molar-refractivity contribution in [3.05, 3.63) is 0 Å². The normalized spacial score (nSPS) is 20.4. The zero-order valence-electron chi connectivity index (χ0n) is 10.1. The molecule has 0 radical (unpaired) electrons. The van der Waals surface area contributed by atoms with Gasteiger partial charge in [0.2, 0.25) is 5.91 Å². The second kappa shape index (κ2) is 6.92. The maximum absolute atomic E-state index is 11.5. The number of rotatable bonds is 4. The number of hydrogen-bond donors (Lipinski definition) is 1. The molecule has 0 aromatic rings. The van der Waals surface area contributed by atoms with Crippen LogP contribution < -0.4 is 5.32 Å². The molecule has 0 aliphatic carbocycles. The van der Waals surface area contributed by atoms with Crippen LogP contribution in [0.5, 0.6) is 0 Å². The van der Waals surface area contributed by atoms with Gasteiger partial charge in [-0.15, -0.1) is 6.42 Å². The van der Waals surface area contributed by atoms with Crippen LogP contribution in [0.25, 0.3) is 0 Å². The highest BCUT2D eigenvalue weighted by molar-refractivity contribution is 5.80. The van der Waals surface area contributed by atoms with Gasteiger partial charge < -0.3 is 10.1 Å². The van der Waals surface area contributed by atoms with Gasteiger partial charge >= 0.3 is 5.97 Å². The number of likely N-dealkylation sites (tertiary alicyclic amines) is 1. The van der Waals surface area contributed by atoms with E-state index in [1.807, 2.05) is 4.90 Å². The topological polar surface area (TPSA) is 58.6 Å². The Labute approximate surface area is 101 Å². The van der Waals surface area contributed by atoms with Crippen LogP contribution in [0.15, 0.2) is 0 Å². The lowest BCUT2D eigenvalue weighted by Crippen LogP contribution is -2.49. The first kappa shape index (κ1) is 13.5. The molecule has 5 nitrogen and oxygen atoms in total. The summed E-state index contributed by atoms with van der Waals surface area (Å²) in [5, 5.41) is 2.59. The predicted molar refractivity (Wildman–Crippen MR) is 63.1 cm³/mol. The quantitative estimate of drug-likeness (QED) is 0.542. The Bertz CT molecular complexity index is 322. The first-order valence-electron chi connectivity index (χ1n) is 5.71. The van der Waals surface area contributed by atoms with Crippen LogP contribution in [0.4, 0.5) is 0 Å². The monoisotopic (exact) mass is 238 g/mol. The molecule has 0 unspecified atom stereocenters. The van der Waals surface area contributed by atoms with Gasteiger partial charge in [0.1, 0.15) is 6.04 Å². The number of esters is 1. The van der Waals surface area contributed by atoms with Crippen LogP contribution in [-0.2, 0) is 14.3 Å². The molecule has 1 aliphatic rings. The van der Waals surface area contributed by atoms with Crippen molar-refractivity contribution in [3.8, 4) is 12.3 Å². The van der Waals surface area contributed by atoms with Crippen molar-refractivity contribution in [2.45, 2.75) is 25.3 Å². The molecule has 1 atom stereocenters. The summed E-state index contributed by atoms with van der Waals surface area (Å²) in [6, 6.07) is -0.301. The zero-order valence-corrected chi connectivity index (χ0v) is 10.1. The van der Waals surface area contributed by atoms with Gasteiger partial charge in [0.25, 0.3) is 0 Å². The van der Waals surface area contributed by atoms with E-state index in [2.05, 4.69) is 11.2 Å². The van der Waals surface area contributed by atoms with E-state index in [-0.39, 0.29) is 31.0 Å². The number of piperidine rings is 1. The summed E-state index contributed by atoms with van der Waals surface area (Å²) in [5.41, 5.74) is 0. The number of methoxy groups -OCH3 is 1. The van der Waals surface area contributed by atoms with Crippen LogP contribution in [0, 0.1) is 12.3 Å². The molecule has 0 aromatic heterocycles. The first-order chi connectivity index (χ1) is 8.19. The maximum atomic E-state index is 11.5. The van der Waals surface area contributed by atoms with Crippen LogP contribution >= 0.6 is 0 Å². The van der Waals surface area contributed by atoms with Gasteiger partial charge in [-0.25, -0.2) is 0 Å². The summed E-state index contributed by atoms with van der Waals surface area (Å²) < 4.78 is 4.74. The number of amides is 1. The Morgan fingerprint density at radius 2 is 2.29 bits per heavy atom. The molecule has 1 saturated heterocycles. The number of carbonyl (C=O) groups is 2. The van der Waals surface area contributed by atoms with Crippen LogP contribution in [-0.4, -0.2) is 49.6 Å². The molecular formula is C12H18N2O3. The van der Waals surface area contributed by atoms with Gasteiger partial charge in [-0.3, -0.25) is 14.5 Å². The number of carbonyl (C=O) groups excluding carboxylic acids is 2. The molecule has 1 N–H and O–H groups in total. The van der Waals surface area contributed by atoms with Crippen molar-refractivity contribution in [1.82, 2.24) is 10.2 Å². The molecular weight excluding hydrogens is 220 g/mol. The SMILES string of the molecule is C#CCNC(=O)CN1CCCC[C@@H]1C(=O)OC. The third-order valence-corrected chi connectivity index (χ3v) is 2.82. The summed E-state index contributed by atoms with van der Waals surface area (Å²) in [4.78, 5) is 24.9. The molecule has 17 heavy (non-hydrogen) atoms. The smallest absolute Gasteiger partial charge is 0.323 e. The summed E-state index contributed by atoms with van der Waals surface area (Å²) in [6.07, 6.45) is 7.78. The molecule has 0 saturated carbocycles. The van der Waals surface area contributed by atoms with Crippen LogP contribution in [0.3, 0.4) is 0 Å². The molecule has 0 aromatic carbocycles. The van der Waals surface area contributed by atoms with Crippen molar-refractivity contribution in [3.63, 3.8) is 0 Å². The second-order valence-electron chi connectivity index (χ2n) is 3.99. The van der Waals surface area contributed by atoms with Gasteiger partial charge in [-0.2, -0.15) is 0 Å². The van der Waals surface area contributed by atoms with E-state index in [1.165, 1.54) is 7.11 Å². The number of hydrogen-bond acceptors (Lipinski definition) is 4. The largest absolute Gasteiger partial charge is 0.468 e. The molecule has 1 amide bonds. The summed E-state index contributed by atoms with van der Waals surface area (Å²) in [5.74, 6) is 1.92. The third kappa shape index (κ3) is 4.08. The molecule has 1 heterocycles. The lowest BCUT2D eigenvalue weighted by Gasteiger charge is -2.32. The highest BCUT2D eigenvalue weighted by Gasteiger charge is 2.30. The van der Waals surface area contributed by atoms with E-state index in [1.54, 1.807) is 0 Å². The Morgan fingerprint density at radius 1 is 1.53 bits per heavy atom. The highest BCUT2D eigenvalue weighted by Crippen LogP contribution is 2.17. The van der Waals surface area contributed by atoms with E-state index in [9.17, 15) is 9.59 Å². The minimum atomic E-state index is -0.301. The fourth-order valence-corrected chi connectivity index (χ4v) is 1.97. The highest BCUT2D eigenvalue weighted by atomic mass is 16.5. The Kier molecular flexibility index (Phi) is 5.50.